The first-order valence-corrected chi connectivity index (χ1v) is 12.2. The summed E-state index contributed by atoms with van der Waals surface area (Å²) >= 11 is 0. The highest BCUT2D eigenvalue weighted by atomic mass is 16.1. The summed E-state index contributed by atoms with van der Waals surface area (Å²) in [6.07, 6.45) is 10.9. The summed E-state index contributed by atoms with van der Waals surface area (Å²) < 4.78 is 0. The largest absolute Gasteiger partial charge is 0.384 e. The molecule has 0 atom stereocenters. The molecule has 5 heteroatoms. The number of rotatable bonds is 5. The molecule has 0 amide bonds. The second-order valence-corrected chi connectivity index (χ2v) is 7.57. The van der Waals surface area contributed by atoms with Crippen LogP contribution in [0.1, 0.15) is 56.1 Å². The van der Waals surface area contributed by atoms with Crippen molar-refractivity contribution in [2.45, 2.75) is 41.0 Å². The Hall–Kier alpha value is -3.83. The van der Waals surface area contributed by atoms with Gasteiger partial charge >= 0.3 is 0 Å². The number of pyridine rings is 1. The van der Waals surface area contributed by atoms with E-state index in [0.717, 1.165) is 40.8 Å². The zero-order valence-electron chi connectivity index (χ0n) is 22.4. The van der Waals surface area contributed by atoms with Crippen LogP contribution in [0.4, 0.5) is 5.69 Å². The number of nitrogens with zero attached hydrogens (tertiary/aromatic N) is 1. The van der Waals surface area contributed by atoms with Gasteiger partial charge < -0.3 is 15.8 Å². The Morgan fingerprint density at radius 2 is 1.64 bits per heavy atom. The van der Waals surface area contributed by atoms with Crippen molar-refractivity contribution in [3.63, 3.8) is 0 Å². The van der Waals surface area contributed by atoms with Gasteiger partial charge in [-0.15, -0.1) is 0 Å². The zero-order chi connectivity index (χ0) is 27.1. The molecule has 1 aliphatic heterocycles. The van der Waals surface area contributed by atoms with E-state index in [4.69, 9.17) is 4.79 Å². The van der Waals surface area contributed by atoms with E-state index in [-0.39, 0.29) is 5.78 Å². The molecule has 1 aliphatic rings. The highest BCUT2D eigenvalue weighted by Crippen LogP contribution is 2.33. The second-order valence-electron chi connectivity index (χ2n) is 7.57. The van der Waals surface area contributed by atoms with Crippen LogP contribution in [0, 0.1) is 0 Å². The molecular formula is C31H39N3O2. The van der Waals surface area contributed by atoms with Crippen LogP contribution in [0.15, 0.2) is 73.1 Å². The predicted molar refractivity (Wildman–Crippen MR) is 154 cm³/mol. The molecule has 36 heavy (non-hydrogen) atoms. The number of anilines is 1. The average molecular weight is 486 g/mol. The molecule has 190 valence electrons. The van der Waals surface area contributed by atoms with E-state index in [1.807, 2.05) is 65.1 Å². The molecule has 2 aromatic carbocycles. The minimum atomic E-state index is 0.0554. The lowest BCUT2D eigenvalue weighted by Crippen LogP contribution is -1.98. The van der Waals surface area contributed by atoms with Gasteiger partial charge in [0, 0.05) is 41.3 Å². The van der Waals surface area contributed by atoms with Crippen molar-refractivity contribution in [2.75, 3.05) is 18.9 Å². The van der Waals surface area contributed by atoms with Crippen LogP contribution < -0.4 is 11.1 Å². The Bertz CT molecular complexity index is 1200. The first-order chi connectivity index (χ1) is 17.6. The van der Waals surface area contributed by atoms with E-state index in [1.54, 1.807) is 6.92 Å². The van der Waals surface area contributed by atoms with Gasteiger partial charge in [-0.2, -0.15) is 0 Å². The molecule has 3 aromatic rings. The summed E-state index contributed by atoms with van der Waals surface area (Å²) in [6, 6.07) is 14.7. The molecule has 2 heterocycles. The molecule has 3 N–H and O–H groups in total. The van der Waals surface area contributed by atoms with Gasteiger partial charge in [0.05, 0.1) is 0 Å². The number of Topliss-reactive ketones (excluding diaryl/α,β-unsaturated/α-hetero) is 1. The van der Waals surface area contributed by atoms with Crippen molar-refractivity contribution in [2.24, 2.45) is 5.73 Å². The van der Waals surface area contributed by atoms with Gasteiger partial charge in [-0.05, 0) is 86.3 Å². The molecule has 0 saturated heterocycles. The zero-order valence-corrected chi connectivity index (χ0v) is 22.4. The standard InChI is InChI=1S/C27H26N2O.C2H6.CH5N.CH2O/c1-4-6-19(5-2)23-14-24(17-28-16-23)26-15-21(7-9-25(26)18(3)30)20-8-10-27-22(13-20)11-12-29-27;3*1-2/h4-10,13-17,29H,11-12H2,1-3H3;1-2H3;2H2,1H3;1H2/b6-4-,19-5+;;;. The van der Waals surface area contributed by atoms with Gasteiger partial charge in [0.15, 0.2) is 5.78 Å². The minimum Gasteiger partial charge on any atom is -0.384 e. The maximum Gasteiger partial charge on any atom is 0.160 e. The number of hydrogen-bond acceptors (Lipinski definition) is 5. The van der Waals surface area contributed by atoms with Gasteiger partial charge in [0.2, 0.25) is 0 Å². The minimum absolute atomic E-state index is 0.0554. The highest BCUT2D eigenvalue weighted by Gasteiger charge is 2.15. The van der Waals surface area contributed by atoms with E-state index in [1.165, 1.54) is 23.9 Å². The van der Waals surface area contributed by atoms with Crippen molar-refractivity contribution in [1.29, 1.82) is 0 Å². The van der Waals surface area contributed by atoms with Gasteiger partial charge in [0.25, 0.3) is 0 Å². The quantitative estimate of drug-likeness (QED) is 0.301. The Balaban J connectivity index is 0.00000101. The van der Waals surface area contributed by atoms with Gasteiger partial charge in [-0.3, -0.25) is 9.78 Å². The van der Waals surface area contributed by atoms with E-state index in [0.29, 0.717) is 5.56 Å². The van der Waals surface area contributed by atoms with Crippen LogP contribution in [0.3, 0.4) is 0 Å². The fourth-order valence-corrected chi connectivity index (χ4v) is 4.04. The summed E-state index contributed by atoms with van der Waals surface area (Å²) in [7, 11) is 1.50. The van der Waals surface area contributed by atoms with E-state index < -0.39 is 0 Å². The Labute approximate surface area is 216 Å². The summed E-state index contributed by atoms with van der Waals surface area (Å²) in [5.74, 6) is 0.0554. The number of nitrogens with two attached hydrogens (primary N) is 1. The molecule has 0 fully saturated rings. The Morgan fingerprint density at radius 3 is 2.28 bits per heavy atom. The topological polar surface area (TPSA) is 85.1 Å². The van der Waals surface area contributed by atoms with Crippen LogP contribution in [0.25, 0.3) is 27.8 Å². The lowest BCUT2D eigenvalue weighted by atomic mass is 9.92. The Morgan fingerprint density at radius 1 is 0.972 bits per heavy atom. The van der Waals surface area contributed by atoms with Crippen LogP contribution in [0.5, 0.6) is 0 Å². The number of fused-ring (bicyclic) bond motifs is 1. The maximum atomic E-state index is 12.4. The van der Waals surface area contributed by atoms with Crippen LogP contribution in [-0.4, -0.2) is 31.1 Å². The third-order valence-electron chi connectivity index (χ3n) is 5.59. The molecule has 4 rings (SSSR count). The fraction of sp³-hybridized carbons (Fsp3) is 0.258. The van der Waals surface area contributed by atoms with Crippen molar-refractivity contribution < 1.29 is 9.59 Å². The van der Waals surface area contributed by atoms with Crippen molar-refractivity contribution >= 4 is 23.8 Å². The molecular weight excluding hydrogens is 446 g/mol. The number of ketones is 1. The van der Waals surface area contributed by atoms with Crippen molar-refractivity contribution in [3.05, 3.63) is 89.8 Å². The van der Waals surface area contributed by atoms with Crippen LogP contribution in [0.2, 0.25) is 0 Å². The molecule has 0 bridgehead atoms. The number of carbonyl (C=O) groups is 2. The number of aromatic nitrogens is 1. The maximum absolute atomic E-state index is 12.4. The first-order valence-electron chi connectivity index (χ1n) is 12.2. The average Bonchev–Trinajstić information content (AvgIpc) is 3.43. The summed E-state index contributed by atoms with van der Waals surface area (Å²) in [6.45, 7) is 12.6. The lowest BCUT2D eigenvalue weighted by Gasteiger charge is -2.13. The third-order valence-corrected chi connectivity index (χ3v) is 5.59. The summed E-state index contributed by atoms with van der Waals surface area (Å²) in [4.78, 5) is 24.8. The number of nitrogens with one attached hydrogen (secondary N) is 1. The highest BCUT2D eigenvalue weighted by molar-refractivity contribution is 6.02. The van der Waals surface area contributed by atoms with E-state index >= 15 is 0 Å². The monoisotopic (exact) mass is 485 g/mol. The molecule has 0 aliphatic carbocycles. The molecule has 0 radical (unpaired) electrons. The Kier molecular flexibility index (Phi) is 13.4. The smallest absolute Gasteiger partial charge is 0.160 e. The SMILES string of the molecule is C/C=C\C(=C/C)c1cncc(-c2cc(-c3ccc4c(c3)CCN4)ccc2C(C)=O)c1.C=O.CC.CN. The second kappa shape index (κ2) is 16.0. The lowest BCUT2D eigenvalue weighted by molar-refractivity contribution is -0.0980. The third kappa shape index (κ3) is 7.33. The fourth-order valence-electron chi connectivity index (χ4n) is 4.04. The number of benzene rings is 2. The molecule has 5 nitrogen and oxygen atoms in total. The molecule has 1 aromatic heterocycles. The molecule has 0 unspecified atom stereocenters. The first kappa shape index (κ1) is 30.2. The number of allylic oxidation sites excluding steroid dienone is 4. The summed E-state index contributed by atoms with van der Waals surface area (Å²) in [5, 5.41) is 3.41. The summed E-state index contributed by atoms with van der Waals surface area (Å²) in [5.41, 5.74) is 14.1. The van der Waals surface area contributed by atoms with Crippen LogP contribution >= 0.6 is 0 Å². The van der Waals surface area contributed by atoms with Crippen LogP contribution in [-0.2, 0) is 11.2 Å². The van der Waals surface area contributed by atoms with E-state index in [2.05, 4.69) is 58.5 Å². The number of carbonyl (C=O) groups excluding carboxylic acids is 2. The van der Waals surface area contributed by atoms with Crippen molar-refractivity contribution in [3.8, 4) is 22.3 Å². The van der Waals surface area contributed by atoms with Crippen molar-refractivity contribution in [1.82, 2.24) is 4.98 Å². The van der Waals surface area contributed by atoms with Gasteiger partial charge in [-0.25, -0.2) is 0 Å². The van der Waals surface area contributed by atoms with Gasteiger partial charge in [0.1, 0.15) is 6.79 Å². The number of hydrogen-bond donors (Lipinski definition) is 2. The predicted octanol–water partition coefficient (Wildman–Crippen LogP) is 6.98. The normalized spacial score (nSPS) is 11.6. The molecule has 0 saturated carbocycles. The van der Waals surface area contributed by atoms with Gasteiger partial charge in [-0.1, -0.05) is 50.3 Å². The molecule has 0 spiro atoms. The van der Waals surface area contributed by atoms with E-state index in [9.17, 15) is 4.79 Å².